The Morgan fingerprint density at radius 1 is 1.33 bits per heavy atom. The van der Waals surface area contributed by atoms with Crippen molar-refractivity contribution in [3.8, 4) is 0 Å². The van der Waals surface area contributed by atoms with Crippen LogP contribution in [0.4, 0.5) is 13.2 Å². The molecule has 0 aliphatic heterocycles. The van der Waals surface area contributed by atoms with E-state index in [2.05, 4.69) is 12.2 Å². The Balaban J connectivity index is 2.12. The van der Waals surface area contributed by atoms with Gasteiger partial charge in [-0.15, -0.1) is 0 Å². The molecule has 0 spiro atoms. The second kappa shape index (κ2) is 7.63. The molecule has 3 unspecified atom stereocenters. The van der Waals surface area contributed by atoms with E-state index in [-0.39, 0.29) is 12.0 Å². The normalized spacial score (nSPS) is 25.0. The van der Waals surface area contributed by atoms with Crippen molar-refractivity contribution in [3.63, 3.8) is 0 Å². The first-order valence-electron chi connectivity index (χ1n) is 7.83. The van der Waals surface area contributed by atoms with E-state index >= 15 is 0 Å². The highest BCUT2D eigenvalue weighted by Gasteiger charge is 2.47. The zero-order valence-corrected chi connectivity index (χ0v) is 13.3. The van der Waals surface area contributed by atoms with E-state index < -0.39 is 12.1 Å². The Labute approximate surface area is 128 Å². The summed E-state index contributed by atoms with van der Waals surface area (Å²) in [6.45, 7) is 2.84. The Morgan fingerprint density at radius 2 is 2.10 bits per heavy atom. The summed E-state index contributed by atoms with van der Waals surface area (Å²) in [5.74, 6) is -1.43. The molecule has 1 aromatic heterocycles. The van der Waals surface area contributed by atoms with Crippen molar-refractivity contribution in [2.75, 3.05) is 6.54 Å². The number of nitrogens with one attached hydrogen (secondary N) is 1. The Morgan fingerprint density at radius 3 is 2.71 bits per heavy atom. The van der Waals surface area contributed by atoms with Gasteiger partial charge in [-0.2, -0.15) is 24.5 Å². The van der Waals surface area contributed by atoms with Gasteiger partial charge in [-0.1, -0.05) is 19.8 Å². The van der Waals surface area contributed by atoms with Crippen molar-refractivity contribution < 1.29 is 13.2 Å². The molecule has 1 aliphatic rings. The molecule has 21 heavy (non-hydrogen) atoms. The summed E-state index contributed by atoms with van der Waals surface area (Å²) in [6.07, 6.45) is 0.207. The molecule has 0 aromatic carbocycles. The van der Waals surface area contributed by atoms with E-state index in [1.807, 2.05) is 16.8 Å². The van der Waals surface area contributed by atoms with Gasteiger partial charge in [-0.05, 0) is 60.5 Å². The molecule has 3 atom stereocenters. The Bertz CT molecular complexity index is 402. The van der Waals surface area contributed by atoms with Gasteiger partial charge in [-0.25, -0.2) is 0 Å². The second-order valence-corrected chi connectivity index (χ2v) is 6.77. The molecule has 1 nitrogen and oxygen atoms in total. The summed E-state index contributed by atoms with van der Waals surface area (Å²) in [5.41, 5.74) is 1.15. The van der Waals surface area contributed by atoms with E-state index in [9.17, 15) is 13.2 Å². The predicted octanol–water partition coefficient (Wildman–Crippen LogP) is 5.03. The third-order valence-electron chi connectivity index (χ3n) is 4.45. The highest BCUT2D eigenvalue weighted by molar-refractivity contribution is 7.07. The first-order chi connectivity index (χ1) is 10.0. The predicted molar refractivity (Wildman–Crippen MR) is 81.6 cm³/mol. The van der Waals surface area contributed by atoms with Crippen molar-refractivity contribution in [2.24, 2.45) is 11.8 Å². The summed E-state index contributed by atoms with van der Waals surface area (Å²) in [6, 6.07) is 1.96. The Kier molecular flexibility index (Phi) is 6.11. The van der Waals surface area contributed by atoms with E-state index in [4.69, 9.17) is 0 Å². The largest absolute Gasteiger partial charge is 0.392 e. The SMILES string of the molecule is CCCNC(Cc1ccsc1)C1CCCCC1C(F)(F)F. The maximum absolute atomic E-state index is 13.3. The quantitative estimate of drug-likeness (QED) is 0.775. The first-order valence-corrected chi connectivity index (χ1v) is 8.77. The highest BCUT2D eigenvalue weighted by Crippen LogP contribution is 2.43. The summed E-state index contributed by atoms with van der Waals surface area (Å²) in [4.78, 5) is 0. The first kappa shape index (κ1) is 16.8. The van der Waals surface area contributed by atoms with Crippen LogP contribution in [0.25, 0.3) is 0 Å². The minimum absolute atomic E-state index is 0.0634. The molecule has 1 fully saturated rings. The van der Waals surface area contributed by atoms with Gasteiger partial charge in [0, 0.05) is 6.04 Å². The number of thiophene rings is 1. The van der Waals surface area contributed by atoms with Crippen LogP contribution in [0.2, 0.25) is 0 Å². The molecule has 2 rings (SSSR count). The lowest BCUT2D eigenvalue weighted by molar-refractivity contribution is -0.199. The van der Waals surface area contributed by atoms with Crippen LogP contribution in [0.15, 0.2) is 16.8 Å². The van der Waals surface area contributed by atoms with Crippen LogP contribution >= 0.6 is 11.3 Å². The molecule has 0 amide bonds. The van der Waals surface area contributed by atoms with E-state index in [1.54, 1.807) is 11.3 Å². The van der Waals surface area contributed by atoms with Gasteiger partial charge in [0.15, 0.2) is 0 Å². The molecular weight excluding hydrogens is 295 g/mol. The number of hydrogen-bond acceptors (Lipinski definition) is 2. The zero-order chi connectivity index (χ0) is 15.3. The smallest absolute Gasteiger partial charge is 0.313 e. The molecule has 120 valence electrons. The van der Waals surface area contributed by atoms with Gasteiger partial charge in [-0.3, -0.25) is 0 Å². The monoisotopic (exact) mass is 319 g/mol. The molecule has 0 radical (unpaired) electrons. The van der Waals surface area contributed by atoms with Gasteiger partial charge in [0.2, 0.25) is 0 Å². The van der Waals surface area contributed by atoms with Gasteiger partial charge in [0.05, 0.1) is 5.92 Å². The molecule has 1 saturated carbocycles. The summed E-state index contributed by atoms with van der Waals surface area (Å²) < 4.78 is 40.0. The van der Waals surface area contributed by atoms with Crippen LogP contribution in [-0.4, -0.2) is 18.8 Å². The second-order valence-electron chi connectivity index (χ2n) is 5.99. The van der Waals surface area contributed by atoms with E-state index in [0.717, 1.165) is 24.9 Å². The number of hydrogen-bond donors (Lipinski definition) is 1. The fourth-order valence-electron chi connectivity index (χ4n) is 3.41. The summed E-state index contributed by atoms with van der Waals surface area (Å²) in [5, 5.41) is 7.43. The minimum atomic E-state index is -4.06. The third-order valence-corrected chi connectivity index (χ3v) is 5.18. The number of alkyl halides is 3. The molecule has 1 aromatic rings. The molecular formula is C16H24F3NS. The maximum Gasteiger partial charge on any atom is 0.392 e. The lowest BCUT2D eigenvalue weighted by Crippen LogP contribution is -2.47. The lowest BCUT2D eigenvalue weighted by atomic mass is 9.73. The van der Waals surface area contributed by atoms with Crippen molar-refractivity contribution in [2.45, 2.75) is 57.7 Å². The van der Waals surface area contributed by atoms with Gasteiger partial charge in [0.1, 0.15) is 0 Å². The van der Waals surface area contributed by atoms with Crippen LogP contribution in [0.5, 0.6) is 0 Å². The lowest BCUT2D eigenvalue weighted by Gasteiger charge is -2.38. The average molecular weight is 319 g/mol. The summed E-state index contributed by atoms with van der Waals surface area (Å²) in [7, 11) is 0. The van der Waals surface area contributed by atoms with Crippen molar-refractivity contribution in [1.82, 2.24) is 5.32 Å². The van der Waals surface area contributed by atoms with Crippen molar-refractivity contribution >= 4 is 11.3 Å². The van der Waals surface area contributed by atoms with E-state index in [1.165, 1.54) is 0 Å². The van der Waals surface area contributed by atoms with Crippen LogP contribution < -0.4 is 5.32 Å². The molecule has 1 N–H and O–H groups in total. The average Bonchev–Trinajstić information content (AvgIpc) is 2.95. The summed E-state index contributed by atoms with van der Waals surface area (Å²) >= 11 is 1.61. The van der Waals surface area contributed by atoms with Crippen molar-refractivity contribution in [1.29, 1.82) is 0 Å². The number of halogens is 3. The standard InChI is InChI=1S/C16H24F3NS/c1-2-8-20-15(10-12-7-9-21-11-12)13-5-3-4-6-14(13)16(17,18)19/h7,9,11,13-15,20H,2-6,8,10H2,1H3. The molecule has 0 saturated heterocycles. The Hall–Kier alpha value is -0.550. The number of rotatable bonds is 6. The molecule has 5 heteroatoms. The van der Waals surface area contributed by atoms with E-state index in [0.29, 0.717) is 25.7 Å². The van der Waals surface area contributed by atoms with Crippen LogP contribution in [0.3, 0.4) is 0 Å². The van der Waals surface area contributed by atoms with Gasteiger partial charge < -0.3 is 5.32 Å². The zero-order valence-electron chi connectivity index (χ0n) is 12.5. The van der Waals surface area contributed by atoms with Crippen molar-refractivity contribution in [3.05, 3.63) is 22.4 Å². The van der Waals surface area contributed by atoms with Crippen LogP contribution in [0, 0.1) is 11.8 Å². The maximum atomic E-state index is 13.3. The third kappa shape index (κ3) is 4.71. The molecule has 0 bridgehead atoms. The van der Waals surface area contributed by atoms with Gasteiger partial charge in [0.25, 0.3) is 0 Å². The van der Waals surface area contributed by atoms with Gasteiger partial charge >= 0.3 is 6.18 Å². The van der Waals surface area contributed by atoms with Crippen LogP contribution in [0.1, 0.15) is 44.6 Å². The minimum Gasteiger partial charge on any atom is -0.313 e. The highest BCUT2D eigenvalue weighted by atomic mass is 32.1. The fourth-order valence-corrected chi connectivity index (χ4v) is 4.10. The fraction of sp³-hybridized carbons (Fsp3) is 0.750. The topological polar surface area (TPSA) is 12.0 Å². The van der Waals surface area contributed by atoms with Crippen LogP contribution in [-0.2, 0) is 6.42 Å². The molecule has 1 heterocycles. The molecule has 1 aliphatic carbocycles.